The van der Waals surface area contributed by atoms with Crippen LogP contribution in [0.2, 0.25) is 5.02 Å². The molecule has 2 aliphatic rings. The Morgan fingerprint density at radius 3 is 2.60 bits per heavy atom. The first kappa shape index (κ1) is 20.0. The molecule has 1 fully saturated rings. The predicted molar refractivity (Wildman–Crippen MR) is 112 cm³/mol. The molecule has 2 atom stereocenters. The van der Waals surface area contributed by atoms with Crippen LogP contribution in [0.1, 0.15) is 16.7 Å². The van der Waals surface area contributed by atoms with Crippen molar-refractivity contribution in [2.45, 2.75) is 32.9 Å². The van der Waals surface area contributed by atoms with Gasteiger partial charge in [0.15, 0.2) is 12.1 Å². The number of carbonyl (C=O) groups is 3. The molecule has 0 bridgehead atoms. The molecule has 0 saturated carbocycles. The summed E-state index contributed by atoms with van der Waals surface area (Å²) in [6.07, 6.45) is 0. The molecule has 9 heteroatoms. The van der Waals surface area contributed by atoms with Gasteiger partial charge in [-0.2, -0.15) is 5.11 Å². The van der Waals surface area contributed by atoms with Gasteiger partial charge in [-0.15, -0.1) is 0 Å². The van der Waals surface area contributed by atoms with E-state index in [1.165, 1.54) is 5.01 Å². The molecule has 1 N–H and O–H groups in total. The molecule has 154 valence electrons. The van der Waals surface area contributed by atoms with Crippen LogP contribution < -0.4 is 10.2 Å². The Balaban J connectivity index is 1.51. The number of benzene rings is 2. The molecule has 0 spiro atoms. The Kier molecular flexibility index (Phi) is 5.03. The summed E-state index contributed by atoms with van der Waals surface area (Å²) in [5.41, 5.74) is 3.92. The molecule has 0 aliphatic carbocycles. The minimum absolute atomic E-state index is 0.195. The van der Waals surface area contributed by atoms with Crippen LogP contribution in [0.4, 0.5) is 11.4 Å². The van der Waals surface area contributed by atoms with Gasteiger partial charge >= 0.3 is 0 Å². The standard InChI is InChI=1S/C21H20ClN5O3/c1-11-5-4-6-16(13(11)3)23-17(28)10-26-19-18(24-25-26)20(29)27(21(19)30)14-8-7-12(2)15(22)9-14/h4-9,18-19H,10H2,1-3H3,(H,23,28)/t18-,19-/m1/s1. The highest BCUT2D eigenvalue weighted by molar-refractivity contribution is 6.32. The third-order valence-corrected chi connectivity index (χ3v) is 5.86. The highest BCUT2D eigenvalue weighted by Crippen LogP contribution is 2.33. The maximum Gasteiger partial charge on any atom is 0.263 e. The summed E-state index contributed by atoms with van der Waals surface area (Å²) < 4.78 is 0. The molecule has 0 aromatic heterocycles. The molecule has 2 aromatic rings. The quantitative estimate of drug-likeness (QED) is 0.761. The average Bonchev–Trinajstić information content (AvgIpc) is 3.21. The van der Waals surface area contributed by atoms with Crippen molar-refractivity contribution in [3.8, 4) is 0 Å². The van der Waals surface area contributed by atoms with E-state index in [4.69, 9.17) is 11.6 Å². The van der Waals surface area contributed by atoms with Crippen LogP contribution in [0, 0.1) is 20.8 Å². The van der Waals surface area contributed by atoms with Gasteiger partial charge in [-0.05, 0) is 55.7 Å². The number of halogens is 1. The summed E-state index contributed by atoms with van der Waals surface area (Å²) in [4.78, 5) is 39.4. The van der Waals surface area contributed by atoms with Crippen LogP contribution in [0.3, 0.4) is 0 Å². The first-order valence-electron chi connectivity index (χ1n) is 9.45. The minimum Gasteiger partial charge on any atom is -0.324 e. The lowest BCUT2D eigenvalue weighted by Gasteiger charge is -2.20. The van der Waals surface area contributed by atoms with Gasteiger partial charge in [-0.1, -0.05) is 35.0 Å². The van der Waals surface area contributed by atoms with Crippen LogP contribution in [0.5, 0.6) is 0 Å². The normalized spacial score (nSPS) is 20.1. The molecule has 0 radical (unpaired) electrons. The first-order valence-corrected chi connectivity index (χ1v) is 9.83. The number of imide groups is 1. The van der Waals surface area contributed by atoms with Crippen molar-refractivity contribution in [1.82, 2.24) is 5.01 Å². The lowest BCUT2D eigenvalue weighted by atomic mass is 10.1. The predicted octanol–water partition coefficient (Wildman–Crippen LogP) is 3.20. The highest BCUT2D eigenvalue weighted by Gasteiger charge is 2.55. The first-order chi connectivity index (χ1) is 14.3. The van der Waals surface area contributed by atoms with Crippen molar-refractivity contribution in [3.05, 3.63) is 58.1 Å². The number of hydrogen-bond donors (Lipinski definition) is 1. The van der Waals surface area contributed by atoms with E-state index >= 15 is 0 Å². The maximum atomic E-state index is 13.0. The second-order valence-corrected chi connectivity index (χ2v) is 7.84. The van der Waals surface area contributed by atoms with Gasteiger partial charge < -0.3 is 5.32 Å². The molecule has 30 heavy (non-hydrogen) atoms. The van der Waals surface area contributed by atoms with Crippen LogP contribution in [-0.4, -0.2) is 41.4 Å². The van der Waals surface area contributed by atoms with E-state index in [-0.39, 0.29) is 12.5 Å². The van der Waals surface area contributed by atoms with Gasteiger partial charge in [0.1, 0.15) is 6.54 Å². The van der Waals surface area contributed by atoms with Gasteiger partial charge in [0.2, 0.25) is 5.91 Å². The molecular weight excluding hydrogens is 406 g/mol. The second-order valence-electron chi connectivity index (χ2n) is 7.43. The van der Waals surface area contributed by atoms with Gasteiger partial charge in [0.25, 0.3) is 11.8 Å². The van der Waals surface area contributed by atoms with E-state index in [9.17, 15) is 14.4 Å². The summed E-state index contributed by atoms with van der Waals surface area (Å²) >= 11 is 6.15. The number of nitrogens with one attached hydrogen (secondary N) is 1. The van der Waals surface area contributed by atoms with E-state index in [1.807, 2.05) is 39.0 Å². The Labute approximate surface area is 178 Å². The summed E-state index contributed by atoms with van der Waals surface area (Å²) in [7, 11) is 0. The van der Waals surface area contributed by atoms with E-state index in [0.717, 1.165) is 21.6 Å². The summed E-state index contributed by atoms with van der Waals surface area (Å²) in [6.45, 7) is 5.51. The number of anilines is 2. The number of rotatable bonds is 4. The lowest BCUT2D eigenvalue weighted by molar-refractivity contribution is -0.123. The topological polar surface area (TPSA) is 94.4 Å². The van der Waals surface area contributed by atoms with Crippen molar-refractivity contribution in [3.63, 3.8) is 0 Å². The van der Waals surface area contributed by atoms with Gasteiger partial charge in [-0.3, -0.25) is 19.4 Å². The SMILES string of the molecule is Cc1ccc(N2C(=O)[C@@H]3N=NN(CC(=O)Nc4cccc(C)c4C)[C@H]3C2=O)cc1Cl. The van der Waals surface area contributed by atoms with Crippen molar-refractivity contribution in [2.75, 3.05) is 16.8 Å². The zero-order chi connectivity index (χ0) is 21.6. The van der Waals surface area contributed by atoms with Gasteiger partial charge in [-0.25, -0.2) is 4.90 Å². The molecule has 3 amide bonds. The molecule has 4 rings (SSSR count). The largest absolute Gasteiger partial charge is 0.324 e. The van der Waals surface area contributed by atoms with Crippen LogP contribution >= 0.6 is 11.6 Å². The molecule has 2 aliphatic heterocycles. The summed E-state index contributed by atoms with van der Waals surface area (Å²) in [5.74, 6) is -1.30. The fourth-order valence-corrected chi connectivity index (χ4v) is 3.73. The molecule has 2 heterocycles. The molecule has 1 saturated heterocycles. The van der Waals surface area contributed by atoms with Gasteiger partial charge in [0, 0.05) is 10.7 Å². The zero-order valence-electron chi connectivity index (χ0n) is 16.7. The van der Waals surface area contributed by atoms with E-state index in [1.54, 1.807) is 18.2 Å². The smallest absolute Gasteiger partial charge is 0.263 e. The Morgan fingerprint density at radius 2 is 1.87 bits per heavy atom. The number of hydrogen-bond acceptors (Lipinski definition) is 6. The molecular formula is C21H20ClN5O3. The fraction of sp³-hybridized carbons (Fsp3) is 0.286. The number of amides is 3. The Bertz CT molecular complexity index is 1100. The van der Waals surface area contributed by atoms with Crippen molar-refractivity contribution >= 4 is 40.7 Å². The van der Waals surface area contributed by atoms with E-state index in [0.29, 0.717) is 16.4 Å². The second kappa shape index (κ2) is 7.53. The van der Waals surface area contributed by atoms with Crippen molar-refractivity contribution in [2.24, 2.45) is 10.3 Å². The lowest BCUT2D eigenvalue weighted by Crippen LogP contribution is -2.43. The fourth-order valence-electron chi connectivity index (χ4n) is 3.55. The molecule has 0 unspecified atom stereocenters. The highest BCUT2D eigenvalue weighted by atomic mass is 35.5. The molecule has 2 aromatic carbocycles. The average molecular weight is 426 g/mol. The molecule has 8 nitrogen and oxygen atoms in total. The number of fused-ring (bicyclic) bond motifs is 1. The minimum atomic E-state index is -0.967. The maximum absolute atomic E-state index is 13.0. The summed E-state index contributed by atoms with van der Waals surface area (Å²) in [5, 5.41) is 12.4. The van der Waals surface area contributed by atoms with Crippen molar-refractivity contribution < 1.29 is 14.4 Å². The Morgan fingerprint density at radius 1 is 1.10 bits per heavy atom. The van der Waals surface area contributed by atoms with Crippen LogP contribution in [0.15, 0.2) is 46.7 Å². The number of aryl methyl sites for hydroxylation is 2. The number of nitrogens with zero attached hydrogens (tertiary/aromatic N) is 4. The third-order valence-electron chi connectivity index (χ3n) is 5.46. The Hall–Kier alpha value is -3.26. The van der Waals surface area contributed by atoms with Crippen LogP contribution in [-0.2, 0) is 14.4 Å². The number of carbonyl (C=O) groups excluding carboxylic acids is 3. The van der Waals surface area contributed by atoms with Crippen molar-refractivity contribution in [1.29, 1.82) is 0 Å². The van der Waals surface area contributed by atoms with E-state index in [2.05, 4.69) is 15.7 Å². The summed E-state index contributed by atoms with van der Waals surface area (Å²) in [6, 6.07) is 8.68. The third kappa shape index (κ3) is 3.33. The van der Waals surface area contributed by atoms with Crippen LogP contribution in [0.25, 0.3) is 0 Å². The zero-order valence-corrected chi connectivity index (χ0v) is 17.5. The van der Waals surface area contributed by atoms with Gasteiger partial charge in [0.05, 0.1) is 5.69 Å². The monoisotopic (exact) mass is 425 g/mol. The van der Waals surface area contributed by atoms with E-state index < -0.39 is 23.9 Å².